The lowest BCUT2D eigenvalue weighted by molar-refractivity contribution is 0.0951. The molecule has 4 rings (SSSR count). The van der Waals surface area contributed by atoms with Crippen LogP contribution in [0.1, 0.15) is 28.8 Å². The second-order valence-electron chi connectivity index (χ2n) is 6.24. The quantitative estimate of drug-likeness (QED) is 0.779. The first-order valence-corrected chi connectivity index (χ1v) is 8.01. The van der Waals surface area contributed by atoms with Crippen LogP contribution in [-0.2, 0) is 0 Å². The molecule has 1 aliphatic carbocycles. The van der Waals surface area contributed by atoms with Crippen LogP contribution in [0.25, 0.3) is 22.0 Å². The molecule has 0 atom stereocenters. The molecule has 2 aromatic carbocycles. The minimum atomic E-state index is -0.152. The number of H-pyrrole nitrogens is 1. The number of benzene rings is 2. The van der Waals surface area contributed by atoms with E-state index in [1.54, 1.807) is 6.07 Å². The second kappa shape index (κ2) is 5.60. The fourth-order valence-corrected chi connectivity index (χ4v) is 2.81. The normalized spacial score (nSPS) is 13.9. The van der Waals surface area contributed by atoms with Gasteiger partial charge in [0.25, 0.3) is 11.5 Å². The lowest BCUT2D eigenvalue weighted by Crippen LogP contribution is -2.25. The van der Waals surface area contributed by atoms with Crippen molar-refractivity contribution in [3.63, 3.8) is 0 Å². The van der Waals surface area contributed by atoms with E-state index in [1.165, 1.54) is 6.33 Å². The number of aryl methyl sites for hydroxylation is 1. The largest absolute Gasteiger partial charge is 0.349 e. The van der Waals surface area contributed by atoms with Crippen molar-refractivity contribution in [3.8, 4) is 11.1 Å². The van der Waals surface area contributed by atoms with Gasteiger partial charge < -0.3 is 10.3 Å². The highest BCUT2D eigenvalue weighted by Crippen LogP contribution is 2.27. The van der Waals surface area contributed by atoms with Gasteiger partial charge in [0.1, 0.15) is 0 Å². The maximum Gasteiger partial charge on any atom is 0.258 e. The van der Waals surface area contributed by atoms with Gasteiger partial charge in [0, 0.05) is 11.6 Å². The Morgan fingerprint density at radius 3 is 2.83 bits per heavy atom. The summed E-state index contributed by atoms with van der Waals surface area (Å²) in [5.74, 6) is -0.0332. The number of amides is 1. The minimum absolute atomic E-state index is 0.0332. The Morgan fingerprint density at radius 2 is 2.04 bits per heavy atom. The van der Waals surface area contributed by atoms with Crippen LogP contribution in [0.3, 0.4) is 0 Å². The number of fused-ring (bicyclic) bond motifs is 1. The monoisotopic (exact) mass is 319 g/mol. The lowest BCUT2D eigenvalue weighted by Gasteiger charge is -2.10. The first kappa shape index (κ1) is 14.6. The van der Waals surface area contributed by atoms with Gasteiger partial charge in [0.05, 0.1) is 17.2 Å². The van der Waals surface area contributed by atoms with E-state index < -0.39 is 0 Å². The minimum Gasteiger partial charge on any atom is -0.349 e. The molecule has 0 unspecified atom stereocenters. The zero-order valence-corrected chi connectivity index (χ0v) is 13.3. The molecular formula is C19H17N3O2. The van der Waals surface area contributed by atoms with Crippen LogP contribution < -0.4 is 10.9 Å². The highest BCUT2D eigenvalue weighted by Gasteiger charge is 2.24. The van der Waals surface area contributed by atoms with E-state index in [1.807, 2.05) is 37.3 Å². The van der Waals surface area contributed by atoms with Crippen LogP contribution in [0.15, 0.2) is 47.5 Å². The number of carbonyl (C=O) groups is 1. The molecule has 1 aliphatic rings. The number of nitrogens with one attached hydrogen (secondary N) is 2. The van der Waals surface area contributed by atoms with Crippen molar-refractivity contribution < 1.29 is 4.79 Å². The molecule has 1 heterocycles. The predicted molar refractivity (Wildman–Crippen MR) is 93.0 cm³/mol. The van der Waals surface area contributed by atoms with Gasteiger partial charge in [-0.2, -0.15) is 0 Å². The van der Waals surface area contributed by atoms with Crippen molar-refractivity contribution in [1.29, 1.82) is 0 Å². The Morgan fingerprint density at radius 1 is 1.21 bits per heavy atom. The molecular weight excluding hydrogens is 302 g/mol. The van der Waals surface area contributed by atoms with Crippen molar-refractivity contribution in [2.75, 3.05) is 0 Å². The summed E-state index contributed by atoms with van der Waals surface area (Å²) in [5.41, 5.74) is 4.13. The number of aromatic nitrogens is 2. The standard InChI is InChI=1S/C19H17N3O2/c1-11-2-3-13(18(23)22-14-5-6-14)8-16(11)12-4-7-15-17(9-12)20-10-21-19(15)24/h2-4,7-10,14H,5-6H2,1H3,(H,22,23)(H,20,21,24). The van der Waals surface area contributed by atoms with Gasteiger partial charge in [-0.25, -0.2) is 4.98 Å². The van der Waals surface area contributed by atoms with E-state index >= 15 is 0 Å². The molecule has 0 spiro atoms. The molecule has 5 heteroatoms. The summed E-state index contributed by atoms with van der Waals surface area (Å²) < 4.78 is 0. The number of nitrogens with zero attached hydrogens (tertiary/aromatic N) is 1. The second-order valence-corrected chi connectivity index (χ2v) is 6.24. The van der Waals surface area contributed by atoms with Crippen molar-refractivity contribution in [1.82, 2.24) is 15.3 Å². The van der Waals surface area contributed by atoms with Gasteiger partial charge in [-0.1, -0.05) is 12.1 Å². The zero-order chi connectivity index (χ0) is 16.7. The average Bonchev–Trinajstić information content (AvgIpc) is 3.39. The lowest BCUT2D eigenvalue weighted by atomic mass is 9.97. The van der Waals surface area contributed by atoms with Crippen LogP contribution in [0, 0.1) is 6.92 Å². The summed E-state index contributed by atoms with van der Waals surface area (Å²) in [7, 11) is 0. The van der Waals surface area contributed by atoms with Crippen molar-refractivity contribution >= 4 is 16.8 Å². The summed E-state index contributed by atoms with van der Waals surface area (Å²) in [6, 6.07) is 11.6. The van der Waals surface area contributed by atoms with E-state index in [9.17, 15) is 9.59 Å². The third-order valence-corrected chi connectivity index (χ3v) is 4.36. The fourth-order valence-electron chi connectivity index (χ4n) is 2.81. The molecule has 1 amide bonds. The smallest absolute Gasteiger partial charge is 0.258 e. The third kappa shape index (κ3) is 2.69. The van der Waals surface area contributed by atoms with E-state index in [-0.39, 0.29) is 11.5 Å². The van der Waals surface area contributed by atoms with Crippen LogP contribution in [0.4, 0.5) is 0 Å². The molecule has 1 saturated carbocycles. The van der Waals surface area contributed by atoms with E-state index in [0.29, 0.717) is 22.5 Å². The van der Waals surface area contributed by atoms with Crippen molar-refractivity contribution in [3.05, 3.63) is 64.2 Å². The van der Waals surface area contributed by atoms with Gasteiger partial charge in [0.2, 0.25) is 0 Å². The Bertz CT molecular complexity index is 1000. The summed E-state index contributed by atoms with van der Waals surface area (Å²) in [6.45, 7) is 2.01. The summed E-state index contributed by atoms with van der Waals surface area (Å²) in [5, 5.41) is 3.57. The number of hydrogen-bond acceptors (Lipinski definition) is 3. The van der Waals surface area contributed by atoms with Crippen LogP contribution in [0.5, 0.6) is 0 Å². The maximum atomic E-state index is 12.3. The molecule has 3 aromatic rings. The summed E-state index contributed by atoms with van der Waals surface area (Å²) in [6.07, 6.45) is 3.53. The predicted octanol–water partition coefficient (Wildman–Crippen LogP) is 2.79. The molecule has 0 aliphatic heterocycles. The Balaban J connectivity index is 1.77. The first-order valence-electron chi connectivity index (χ1n) is 8.01. The number of aromatic amines is 1. The topological polar surface area (TPSA) is 74.8 Å². The number of carbonyl (C=O) groups excluding carboxylic acids is 1. The number of hydrogen-bond donors (Lipinski definition) is 2. The Hall–Kier alpha value is -2.95. The summed E-state index contributed by atoms with van der Waals surface area (Å²) >= 11 is 0. The van der Waals surface area contributed by atoms with E-state index in [0.717, 1.165) is 29.5 Å². The molecule has 24 heavy (non-hydrogen) atoms. The van der Waals surface area contributed by atoms with Gasteiger partial charge in [-0.05, 0) is 60.7 Å². The van der Waals surface area contributed by atoms with E-state index in [2.05, 4.69) is 15.3 Å². The maximum absolute atomic E-state index is 12.3. The van der Waals surface area contributed by atoms with Crippen LogP contribution >= 0.6 is 0 Å². The highest BCUT2D eigenvalue weighted by atomic mass is 16.1. The Kier molecular flexibility index (Phi) is 3.41. The molecule has 0 saturated heterocycles. The highest BCUT2D eigenvalue weighted by molar-refractivity contribution is 5.96. The van der Waals surface area contributed by atoms with Crippen molar-refractivity contribution in [2.24, 2.45) is 0 Å². The van der Waals surface area contributed by atoms with Crippen molar-refractivity contribution in [2.45, 2.75) is 25.8 Å². The fraction of sp³-hybridized carbons (Fsp3) is 0.211. The first-order chi connectivity index (χ1) is 11.6. The summed E-state index contributed by atoms with van der Waals surface area (Å²) in [4.78, 5) is 30.9. The molecule has 0 bridgehead atoms. The van der Waals surface area contributed by atoms with Gasteiger partial charge in [0.15, 0.2) is 0 Å². The average molecular weight is 319 g/mol. The van der Waals surface area contributed by atoms with Gasteiger partial charge in [-0.15, -0.1) is 0 Å². The number of rotatable bonds is 3. The van der Waals surface area contributed by atoms with E-state index in [4.69, 9.17) is 0 Å². The third-order valence-electron chi connectivity index (χ3n) is 4.36. The van der Waals surface area contributed by atoms with Crippen LogP contribution in [0.2, 0.25) is 0 Å². The SMILES string of the molecule is Cc1ccc(C(=O)NC2CC2)cc1-c1ccc2c(=O)[nH]cnc2c1. The van der Waals surface area contributed by atoms with Gasteiger partial charge >= 0.3 is 0 Å². The van der Waals surface area contributed by atoms with Crippen LogP contribution in [-0.4, -0.2) is 21.9 Å². The molecule has 120 valence electrons. The molecule has 0 radical (unpaired) electrons. The molecule has 1 aromatic heterocycles. The molecule has 2 N–H and O–H groups in total. The zero-order valence-electron chi connectivity index (χ0n) is 13.3. The molecule has 1 fully saturated rings. The van der Waals surface area contributed by atoms with Gasteiger partial charge in [-0.3, -0.25) is 9.59 Å². The Labute approximate surface area is 138 Å². The molecule has 5 nitrogen and oxygen atoms in total.